The topological polar surface area (TPSA) is 29.1 Å². The fraction of sp³-hybridized carbons (Fsp3) is 0.588. The smallest absolute Gasteiger partial charge is 0.224 e. The van der Waals surface area contributed by atoms with Crippen molar-refractivity contribution in [2.75, 3.05) is 0 Å². The van der Waals surface area contributed by atoms with E-state index in [2.05, 4.69) is 36.5 Å². The van der Waals surface area contributed by atoms with Gasteiger partial charge in [0.25, 0.3) is 0 Å². The van der Waals surface area contributed by atoms with E-state index in [1.165, 1.54) is 31.2 Å². The fourth-order valence-electron chi connectivity index (χ4n) is 3.76. The molecule has 19 heavy (non-hydrogen) atoms. The molecule has 2 aliphatic rings. The van der Waals surface area contributed by atoms with Crippen LogP contribution in [0, 0.1) is 11.8 Å². The highest BCUT2D eigenvalue weighted by Crippen LogP contribution is 2.44. The van der Waals surface area contributed by atoms with Crippen molar-refractivity contribution in [3.8, 4) is 0 Å². The summed E-state index contributed by atoms with van der Waals surface area (Å²) in [6.07, 6.45) is 6.84. The zero-order valence-corrected chi connectivity index (χ0v) is 11.7. The predicted octanol–water partition coefficient (Wildman–Crippen LogP) is 3.10. The molecule has 2 heteroatoms. The van der Waals surface area contributed by atoms with E-state index in [-0.39, 0.29) is 5.91 Å². The van der Waals surface area contributed by atoms with E-state index in [0.29, 0.717) is 12.5 Å². The van der Waals surface area contributed by atoms with Crippen molar-refractivity contribution in [3.05, 3.63) is 35.4 Å². The minimum atomic E-state index is 0.196. The summed E-state index contributed by atoms with van der Waals surface area (Å²) in [4.78, 5) is 12.1. The summed E-state index contributed by atoms with van der Waals surface area (Å²) < 4.78 is 0. The maximum absolute atomic E-state index is 12.1. The largest absolute Gasteiger partial charge is 0.353 e. The first-order valence-corrected chi connectivity index (χ1v) is 7.61. The molecule has 102 valence electrons. The first kappa shape index (κ1) is 12.7. The number of carbonyl (C=O) groups excluding carboxylic acids is 1. The molecule has 2 nitrogen and oxygen atoms in total. The molecule has 0 radical (unpaired) electrons. The number of amides is 1. The van der Waals surface area contributed by atoms with Gasteiger partial charge in [-0.25, -0.2) is 0 Å². The Bertz CT molecular complexity index is 451. The monoisotopic (exact) mass is 257 g/mol. The van der Waals surface area contributed by atoms with Crippen LogP contribution < -0.4 is 5.32 Å². The van der Waals surface area contributed by atoms with E-state index in [4.69, 9.17) is 0 Å². The summed E-state index contributed by atoms with van der Waals surface area (Å²) in [7, 11) is 0. The van der Waals surface area contributed by atoms with Gasteiger partial charge < -0.3 is 5.32 Å². The molecule has 0 unspecified atom stereocenters. The number of aryl methyl sites for hydroxylation is 1. The Balaban J connectivity index is 1.53. The zero-order chi connectivity index (χ0) is 13.2. The number of benzene rings is 1. The van der Waals surface area contributed by atoms with Crippen molar-refractivity contribution in [2.45, 2.75) is 51.5 Å². The molecule has 2 aliphatic carbocycles. The van der Waals surface area contributed by atoms with Crippen LogP contribution in [0.2, 0.25) is 0 Å². The Morgan fingerprint density at radius 2 is 1.89 bits per heavy atom. The van der Waals surface area contributed by atoms with Crippen molar-refractivity contribution in [2.24, 2.45) is 11.8 Å². The van der Waals surface area contributed by atoms with E-state index in [1.54, 1.807) is 0 Å². The van der Waals surface area contributed by atoms with E-state index >= 15 is 0 Å². The zero-order valence-electron chi connectivity index (χ0n) is 11.7. The Hall–Kier alpha value is -1.31. The number of rotatable bonds is 4. The maximum Gasteiger partial charge on any atom is 0.224 e. The lowest BCUT2D eigenvalue weighted by atomic mass is 9.95. The van der Waals surface area contributed by atoms with Crippen LogP contribution in [-0.4, -0.2) is 11.9 Å². The van der Waals surface area contributed by atoms with Gasteiger partial charge in [-0.2, -0.15) is 0 Å². The van der Waals surface area contributed by atoms with Crippen molar-refractivity contribution in [1.82, 2.24) is 5.32 Å². The Kier molecular flexibility index (Phi) is 3.58. The highest BCUT2D eigenvalue weighted by Gasteiger charge is 2.39. The molecule has 3 rings (SSSR count). The van der Waals surface area contributed by atoms with Gasteiger partial charge in [0.2, 0.25) is 5.91 Å². The summed E-state index contributed by atoms with van der Waals surface area (Å²) in [5, 5.41) is 3.25. The van der Waals surface area contributed by atoms with Gasteiger partial charge in [0, 0.05) is 6.04 Å². The third kappa shape index (κ3) is 2.83. The molecule has 1 aromatic carbocycles. The second kappa shape index (κ2) is 5.36. The van der Waals surface area contributed by atoms with Gasteiger partial charge in [-0.3, -0.25) is 4.79 Å². The maximum atomic E-state index is 12.1. The fourth-order valence-corrected chi connectivity index (χ4v) is 3.76. The average Bonchev–Trinajstić information content (AvgIpc) is 3.02. The standard InChI is InChI=1S/C17H23NO/c1-2-12-3-5-13(6-4-12)11-17(19)18-16-10-14-7-8-15(16)9-14/h3-6,14-16H,2,7-11H2,1H3,(H,18,19)/t14-,15-,16-/m0/s1. The molecule has 0 spiro atoms. The summed E-state index contributed by atoms with van der Waals surface area (Å²) in [6.45, 7) is 2.15. The molecule has 0 aliphatic heterocycles. The lowest BCUT2D eigenvalue weighted by Crippen LogP contribution is -2.39. The van der Waals surface area contributed by atoms with Gasteiger partial charge in [0.15, 0.2) is 0 Å². The molecule has 0 heterocycles. The van der Waals surface area contributed by atoms with Gasteiger partial charge in [0.1, 0.15) is 0 Å². The summed E-state index contributed by atoms with van der Waals surface area (Å²) in [5.41, 5.74) is 2.45. The highest BCUT2D eigenvalue weighted by atomic mass is 16.1. The van der Waals surface area contributed by atoms with Crippen molar-refractivity contribution in [1.29, 1.82) is 0 Å². The number of hydrogen-bond donors (Lipinski definition) is 1. The highest BCUT2D eigenvalue weighted by molar-refractivity contribution is 5.79. The van der Waals surface area contributed by atoms with Crippen LogP contribution in [0.5, 0.6) is 0 Å². The molecule has 3 atom stereocenters. The molecule has 0 aromatic heterocycles. The lowest BCUT2D eigenvalue weighted by Gasteiger charge is -2.22. The normalized spacial score (nSPS) is 28.6. The second-order valence-corrected chi connectivity index (χ2v) is 6.20. The number of carbonyl (C=O) groups is 1. The molecular formula is C17H23NO. The van der Waals surface area contributed by atoms with E-state index in [9.17, 15) is 4.79 Å². The molecule has 2 fully saturated rings. The van der Waals surface area contributed by atoms with Crippen LogP contribution in [0.4, 0.5) is 0 Å². The van der Waals surface area contributed by atoms with Crippen LogP contribution in [0.15, 0.2) is 24.3 Å². The lowest BCUT2D eigenvalue weighted by molar-refractivity contribution is -0.121. The SMILES string of the molecule is CCc1ccc(CC(=O)N[C@H]2C[C@H]3CC[C@H]2C3)cc1. The third-order valence-corrected chi connectivity index (χ3v) is 4.88. The Labute approximate surface area is 115 Å². The molecular weight excluding hydrogens is 234 g/mol. The van der Waals surface area contributed by atoms with Crippen LogP contribution in [0.3, 0.4) is 0 Å². The van der Waals surface area contributed by atoms with Crippen LogP contribution in [0.25, 0.3) is 0 Å². The van der Waals surface area contributed by atoms with Crippen LogP contribution in [0.1, 0.15) is 43.7 Å². The average molecular weight is 257 g/mol. The minimum absolute atomic E-state index is 0.196. The molecule has 1 aromatic rings. The summed E-state index contributed by atoms with van der Waals surface area (Å²) >= 11 is 0. The van der Waals surface area contributed by atoms with Gasteiger partial charge in [-0.1, -0.05) is 37.6 Å². The quantitative estimate of drug-likeness (QED) is 0.882. The third-order valence-electron chi connectivity index (χ3n) is 4.88. The first-order valence-electron chi connectivity index (χ1n) is 7.61. The minimum Gasteiger partial charge on any atom is -0.353 e. The second-order valence-electron chi connectivity index (χ2n) is 6.20. The molecule has 2 saturated carbocycles. The van der Waals surface area contributed by atoms with E-state index in [0.717, 1.165) is 23.8 Å². The van der Waals surface area contributed by atoms with Gasteiger partial charge in [-0.15, -0.1) is 0 Å². The molecule has 1 N–H and O–H groups in total. The van der Waals surface area contributed by atoms with Gasteiger partial charge in [-0.05, 0) is 48.6 Å². The van der Waals surface area contributed by atoms with Crippen LogP contribution >= 0.6 is 0 Å². The number of hydrogen-bond acceptors (Lipinski definition) is 1. The first-order chi connectivity index (χ1) is 9.24. The van der Waals surface area contributed by atoms with Gasteiger partial charge in [0.05, 0.1) is 6.42 Å². The molecule has 2 bridgehead atoms. The predicted molar refractivity (Wildman–Crippen MR) is 76.9 cm³/mol. The number of fused-ring (bicyclic) bond motifs is 2. The Morgan fingerprint density at radius 3 is 2.47 bits per heavy atom. The van der Waals surface area contributed by atoms with Crippen molar-refractivity contribution >= 4 is 5.91 Å². The van der Waals surface area contributed by atoms with E-state index in [1.807, 2.05) is 0 Å². The van der Waals surface area contributed by atoms with E-state index < -0.39 is 0 Å². The molecule has 0 saturated heterocycles. The van der Waals surface area contributed by atoms with Crippen LogP contribution in [-0.2, 0) is 17.6 Å². The summed E-state index contributed by atoms with van der Waals surface area (Å²) in [6, 6.07) is 8.87. The van der Waals surface area contributed by atoms with Gasteiger partial charge >= 0.3 is 0 Å². The number of nitrogens with one attached hydrogen (secondary N) is 1. The Morgan fingerprint density at radius 1 is 1.16 bits per heavy atom. The molecule has 1 amide bonds. The van der Waals surface area contributed by atoms with Crippen molar-refractivity contribution < 1.29 is 4.79 Å². The summed E-state index contributed by atoms with van der Waals surface area (Å²) in [5.74, 6) is 1.84. The van der Waals surface area contributed by atoms with Crippen molar-refractivity contribution in [3.63, 3.8) is 0 Å².